The Labute approximate surface area is 108 Å². The van der Waals surface area contributed by atoms with Crippen molar-refractivity contribution in [2.75, 3.05) is 0 Å². The van der Waals surface area contributed by atoms with E-state index in [0.717, 1.165) is 0 Å². The topological polar surface area (TPSA) is 26.3 Å². The molecule has 1 aromatic rings. The summed E-state index contributed by atoms with van der Waals surface area (Å²) in [6.07, 6.45) is 0. The van der Waals surface area contributed by atoms with Gasteiger partial charge in [0.1, 0.15) is 5.60 Å². The van der Waals surface area contributed by atoms with E-state index in [1.54, 1.807) is 12.1 Å². The minimum absolute atomic E-state index is 0. The largest absolute Gasteiger partial charge is 1.00 e. The molecule has 0 aliphatic heterocycles. The molecule has 72 valence electrons. The normalized spacial score (nSPS) is 10.2. The van der Waals surface area contributed by atoms with Gasteiger partial charge in [-0.15, -0.1) is 0 Å². The maximum atomic E-state index is 11.4. The second-order valence-corrected chi connectivity index (χ2v) is 3.87. The van der Waals surface area contributed by atoms with Crippen LogP contribution in [0.5, 0.6) is 0 Å². The van der Waals surface area contributed by atoms with E-state index in [2.05, 4.69) is 0 Å². The number of carbonyl (C=O) groups excluding carboxylic acids is 1. The Morgan fingerprint density at radius 3 is 2.14 bits per heavy atom. The molecule has 0 atom stereocenters. The third-order valence-corrected chi connectivity index (χ3v) is 1.41. The number of benzene rings is 1. The summed E-state index contributed by atoms with van der Waals surface area (Å²) >= 11 is 0. The van der Waals surface area contributed by atoms with Crippen molar-refractivity contribution >= 4 is 5.97 Å². The van der Waals surface area contributed by atoms with Crippen LogP contribution in [0.2, 0.25) is 0 Å². The van der Waals surface area contributed by atoms with Gasteiger partial charge in [-0.2, -0.15) is 0 Å². The van der Waals surface area contributed by atoms with Gasteiger partial charge in [0, 0.05) is 0 Å². The predicted molar refractivity (Wildman–Crippen MR) is 52.7 cm³/mol. The molecule has 0 saturated heterocycles. The quantitative estimate of drug-likeness (QED) is 0.464. The van der Waals surface area contributed by atoms with Crippen molar-refractivity contribution in [1.29, 1.82) is 0 Å². The van der Waals surface area contributed by atoms with Crippen LogP contribution in [0.3, 0.4) is 0 Å². The van der Waals surface area contributed by atoms with Crippen LogP contribution < -0.4 is 29.6 Å². The van der Waals surface area contributed by atoms with Gasteiger partial charge in [0.25, 0.3) is 0 Å². The van der Waals surface area contributed by atoms with Crippen LogP contribution in [0, 0.1) is 0 Å². The Bertz CT molecular complexity index is 293. The van der Waals surface area contributed by atoms with Gasteiger partial charge in [-0.25, -0.2) is 4.79 Å². The molecule has 1 rings (SSSR count). The minimum atomic E-state index is -0.424. The number of ether oxygens (including phenoxy) is 1. The fourth-order valence-electron chi connectivity index (χ4n) is 0.911. The molecular formula is C11H15NaO2. The summed E-state index contributed by atoms with van der Waals surface area (Å²) in [5.74, 6) is -0.270. The predicted octanol–water partition coefficient (Wildman–Crippen LogP) is -0.242. The van der Waals surface area contributed by atoms with Crippen LogP contribution in [0.15, 0.2) is 30.3 Å². The van der Waals surface area contributed by atoms with Gasteiger partial charge in [0.2, 0.25) is 0 Å². The first-order valence-electron chi connectivity index (χ1n) is 4.27. The van der Waals surface area contributed by atoms with E-state index >= 15 is 0 Å². The molecule has 0 saturated carbocycles. The fraction of sp³-hybridized carbons (Fsp3) is 0.364. The number of carbonyl (C=O) groups is 1. The van der Waals surface area contributed by atoms with Crippen molar-refractivity contribution in [3.8, 4) is 0 Å². The first kappa shape index (κ1) is 13.7. The molecule has 3 heteroatoms. The van der Waals surface area contributed by atoms with Crippen molar-refractivity contribution in [2.45, 2.75) is 26.4 Å². The Morgan fingerprint density at radius 2 is 1.71 bits per heavy atom. The molecule has 0 aliphatic carbocycles. The van der Waals surface area contributed by atoms with E-state index < -0.39 is 5.60 Å². The third kappa shape index (κ3) is 4.80. The summed E-state index contributed by atoms with van der Waals surface area (Å²) in [6, 6.07) is 8.99. The number of rotatable bonds is 1. The van der Waals surface area contributed by atoms with Gasteiger partial charge >= 0.3 is 35.5 Å². The molecular weight excluding hydrogens is 187 g/mol. The van der Waals surface area contributed by atoms with Crippen molar-refractivity contribution in [1.82, 2.24) is 0 Å². The van der Waals surface area contributed by atoms with E-state index in [9.17, 15) is 4.79 Å². The maximum Gasteiger partial charge on any atom is 1.00 e. The molecule has 0 fully saturated rings. The van der Waals surface area contributed by atoms with Gasteiger partial charge < -0.3 is 6.16 Å². The molecule has 0 spiro atoms. The van der Waals surface area contributed by atoms with Crippen LogP contribution in [-0.2, 0) is 4.74 Å². The molecule has 14 heavy (non-hydrogen) atoms. The van der Waals surface area contributed by atoms with Crippen LogP contribution in [0.4, 0.5) is 0 Å². The summed E-state index contributed by atoms with van der Waals surface area (Å²) in [7, 11) is 0. The summed E-state index contributed by atoms with van der Waals surface area (Å²) < 4.78 is 5.18. The standard InChI is InChI=1S/C11H14O2.Na.H/c1-11(2,3)13-10(12)9-7-5-4-6-8-9;;/h4-8H,1-3H3;;/q;+1;-1. The van der Waals surface area contributed by atoms with E-state index in [-0.39, 0.29) is 37.0 Å². The number of hydrogen-bond donors (Lipinski definition) is 0. The van der Waals surface area contributed by atoms with Crippen LogP contribution in [0.25, 0.3) is 0 Å². The molecule has 1 aromatic carbocycles. The van der Waals surface area contributed by atoms with Crippen LogP contribution in [-0.4, -0.2) is 11.6 Å². The molecule has 0 N–H and O–H groups in total. The Balaban J connectivity index is 0. The summed E-state index contributed by atoms with van der Waals surface area (Å²) in [5, 5.41) is 0. The summed E-state index contributed by atoms with van der Waals surface area (Å²) in [4.78, 5) is 11.4. The molecule has 0 heterocycles. The summed E-state index contributed by atoms with van der Waals surface area (Å²) in [6.45, 7) is 5.56. The van der Waals surface area contributed by atoms with Crippen molar-refractivity contribution in [2.24, 2.45) is 0 Å². The average molecular weight is 202 g/mol. The van der Waals surface area contributed by atoms with E-state index in [0.29, 0.717) is 5.56 Å². The van der Waals surface area contributed by atoms with Gasteiger partial charge in [-0.1, -0.05) is 18.2 Å². The molecule has 0 aromatic heterocycles. The first-order valence-corrected chi connectivity index (χ1v) is 4.27. The van der Waals surface area contributed by atoms with E-state index in [4.69, 9.17) is 4.74 Å². The molecule has 0 bridgehead atoms. The van der Waals surface area contributed by atoms with Crippen LogP contribution >= 0.6 is 0 Å². The number of esters is 1. The van der Waals surface area contributed by atoms with Gasteiger partial charge in [-0.05, 0) is 32.9 Å². The molecule has 2 nitrogen and oxygen atoms in total. The van der Waals surface area contributed by atoms with Crippen molar-refractivity contribution < 1.29 is 40.5 Å². The van der Waals surface area contributed by atoms with Gasteiger partial charge in [-0.3, -0.25) is 0 Å². The Hall–Kier alpha value is -0.310. The molecule has 0 unspecified atom stereocenters. The Kier molecular flexibility index (Phi) is 5.42. The molecule has 0 amide bonds. The van der Waals surface area contributed by atoms with Gasteiger partial charge in [0.15, 0.2) is 0 Å². The first-order chi connectivity index (χ1) is 5.99. The Morgan fingerprint density at radius 1 is 1.21 bits per heavy atom. The van der Waals surface area contributed by atoms with Crippen molar-refractivity contribution in [3.05, 3.63) is 35.9 Å². The summed E-state index contributed by atoms with van der Waals surface area (Å²) in [5.41, 5.74) is 0.171. The number of hydrogen-bond acceptors (Lipinski definition) is 2. The van der Waals surface area contributed by atoms with E-state index in [1.165, 1.54) is 0 Å². The zero-order chi connectivity index (χ0) is 9.90. The van der Waals surface area contributed by atoms with Gasteiger partial charge in [0.05, 0.1) is 5.56 Å². The maximum absolute atomic E-state index is 11.4. The minimum Gasteiger partial charge on any atom is -1.00 e. The molecule has 0 radical (unpaired) electrons. The zero-order valence-electron chi connectivity index (χ0n) is 10.2. The zero-order valence-corrected chi connectivity index (χ0v) is 11.2. The smallest absolute Gasteiger partial charge is 1.00 e. The molecule has 0 aliphatic rings. The second kappa shape index (κ2) is 5.54. The van der Waals surface area contributed by atoms with Crippen molar-refractivity contribution in [3.63, 3.8) is 0 Å². The monoisotopic (exact) mass is 202 g/mol. The third-order valence-electron chi connectivity index (χ3n) is 1.41. The average Bonchev–Trinajstić information content (AvgIpc) is 2.03. The SMILES string of the molecule is CC(C)(C)OC(=O)c1ccccc1.[H-].[Na+]. The van der Waals surface area contributed by atoms with E-state index in [1.807, 2.05) is 39.0 Å². The fourth-order valence-corrected chi connectivity index (χ4v) is 0.911. The van der Waals surface area contributed by atoms with Crippen LogP contribution in [0.1, 0.15) is 32.6 Å². The second-order valence-electron chi connectivity index (χ2n) is 3.87.